The molecule has 2 rings (SSSR count). The number of aliphatic hydroxyl groups excluding tert-OH is 1. The van der Waals surface area contributed by atoms with Crippen molar-refractivity contribution in [3.8, 4) is 0 Å². The third-order valence-corrected chi connectivity index (χ3v) is 4.07. The minimum absolute atomic E-state index is 0.0216. The molecule has 1 aromatic carbocycles. The van der Waals surface area contributed by atoms with Crippen molar-refractivity contribution >= 4 is 11.6 Å². The van der Waals surface area contributed by atoms with Gasteiger partial charge in [0.1, 0.15) is 0 Å². The maximum atomic E-state index is 12.3. The molecule has 1 unspecified atom stereocenters. The van der Waals surface area contributed by atoms with Crippen molar-refractivity contribution in [2.24, 2.45) is 0 Å². The highest BCUT2D eigenvalue weighted by molar-refractivity contribution is 5.95. The van der Waals surface area contributed by atoms with E-state index in [0.29, 0.717) is 0 Å². The molecule has 4 nitrogen and oxygen atoms in total. The van der Waals surface area contributed by atoms with E-state index < -0.39 is 0 Å². The molecule has 0 saturated carbocycles. The molecule has 20 heavy (non-hydrogen) atoms. The summed E-state index contributed by atoms with van der Waals surface area (Å²) in [6.45, 7) is 7.53. The SMILES string of the molecule is Cc1ccc(NC(=O)C(C)N2CCC(O)CC2)c(C)c1. The summed E-state index contributed by atoms with van der Waals surface area (Å²) in [6, 6.07) is 5.86. The number of hydrogen-bond donors (Lipinski definition) is 2. The normalized spacial score (nSPS) is 18.8. The molecule has 1 aromatic rings. The number of aliphatic hydroxyl groups is 1. The van der Waals surface area contributed by atoms with E-state index in [0.717, 1.165) is 37.2 Å². The van der Waals surface area contributed by atoms with E-state index >= 15 is 0 Å². The summed E-state index contributed by atoms with van der Waals surface area (Å²) in [4.78, 5) is 14.4. The molecule has 1 aliphatic heterocycles. The van der Waals surface area contributed by atoms with Crippen LogP contribution in [-0.2, 0) is 4.79 Å². The number of nitrogens with zero attached hydrogens (tertiary/aromatic N) is 1. The topological polar surface area (TPSA) is 52.6 Å². The van der Waals surface area contributed by atoms with Crippen LogP contribution in [0.3, 0.4) is 0 Å². The van der Waals surface area contributed by atoms with E-state index in [4.69, 9.17) is 0 Å². The molecule has 110 valence electrons. The van der Waals surface area contributed by atoms with Crippen molar-refractivity contribution in [3.63, 3.8) is 0 Å². The van der Waals surface area contributed by atoms with Gasteiger partial charge in [0, 0.05) is 18.8 Å². The average Bonchev–Trinajstić information content (AvgIpc) is 2.42. The maximum Gasteiger partial charge on any atom is 0.241 e. The quantitative estimate of drug-likeness (QED) is 0.889. The zero-order valence-corrected chi connectivity index (χ0v) is 12.5. The Labute approximate surface area is 120 Å². The number of nitrogens with one attached hydrogen (secondary N) is 1. The minimum atomic E-state index is -0.208. The number of piperidine rings is 1. The van der Waals surface area contributed by atoms with Crippen LogP contribution in [0.25, 0.3) is 0 Å². The van der Waals surface area contributed by atoms with Gasteiger partial charge < -0.3 is 10.4 Å². The first kappa shape index (κ1) is 15.0. The second-order valence-electron chi connectivity index (χ2n) is 5.75. The van der Waals surface area contributed by atoms with Crippen molar-refractivity contribution in [2.45, 2.75) is 45.8 Å². The number of benzene rings is 1. The number of likely N-dealkylation sites (tertiary alicyclic amines) is 1. The van der Waals surface area contributed by atoms with Crippen LogP contribution in [0.1, 0.15) is 30.9 Å². The molecule has 1 heterocycles. The van der Waals surface area contributed by atoms with Gasteiger partial charge in [0.25, 0.3) is 0 Å². The summed E-state index contributed by atoms with van der Waals surface area (Å²) in [5, 5.41) is 12.5. The number of carbonyl (C=O) groups is 1. The molecular weight excluding hydrogens is 252 g/mol. The smallest absolute Gasteiger partial charge is 0.241 e. The van der Waals surface area contributed by atoms with Crippen molar-refractivity contribution in [3.05, 3.63) is 29.3 Å². The predicted molar refractivity (Wildman–Crippen MR) is 80.8 cm³/mol. The van der Waals surface area contributed by atoms with Gasteiger partial charge in [0.2, 0.25) is 5.91 Å². The van der Waals surface area contributed by atoms with Crippen molar-refractivity contribution in [1.82, 2.24) is 4.90 Å². The molecule has 0 aromatic heterocycles. The lowest BCUT2D eigenvalue weighted by Gasteiger charge is -2.33. The summed E-state index contributed by atoms with van der Waals surface area (Å²) in [5.74, 6) is 0.0216. The highest BCUT2D eigenvalue weighted by atomic mass is 16.3. The Hall–Kier alpha value is -1.39. The summed E-state index contributed by atoms with van der Waals surface area (Å²) >= 11 is 0. The summed E-state index contributed by atoms with van der Waals surface area (Å²) in [5.41, 5.74) is 3.16. The van der Waals surface area contributed by atoms with E-state index in [9.17, 15) is 9.90 Å². The van der Waals surface area contributed by atoms with Crippen LogP contribution in [0.4, 0.5) is 5.69 Å². The van der Waals surface area contributed by atoms with Crippen LogP contribution >= 0.6 is 0 Å². The Kier molecular flexibility index (Phi) is 4.78. The van der Waals surface area contributed by atoms with Gasteiger partial charge in [-0.25, -0.2) is 0 Å². The number of hydrogen-bond acceptors (Lipinski definition) is 3. The molecule has 0 radical (unpaired) electrons. The molecular formula is C16H24N2O2. The van der Waals surface area contributed by atoms with Crippen LogP contribution in [0, 0.1) is 13.8 Å². The first-order chi connectivity index (χ1) is 9.47. The highest BCUT2D eigenvalue weighted by Crippen LogP contribution is 2.18. The second-order valence-corrected chi connectivity index (χ2v) is 5.75. The van der Waals surface area contributed by atoms with E-state index in [2.05, 4.69) is 16.3 Å². The van der Waals surface area contributed by atoms with Gasteiger partial charge in [0.05, 0.1) is 12.1 Å². The third kappa shape index (κ3) is 3.58. The van der Waals surface area contributed by atoms with Crippen LogP contribution in [0.5, 0.6) is 0 Å². The fraction of sp³-hybridized carbons (Fsp3) is 0.562. The average molecular weight is 276 g/mol. The number of carbonyl (C=O) groups excluding carboxylic acids is 1. The van der Waals surface area contributed by atoms with E-state index in [-0.39, 0.29) is 18.1 Å². The third-order valence-electron chi connectivity index (χ3n) is 4.07. The molecule has 1 saturated heterocycles. The summed E-state index contributed by atoms with van der Waals surface area (Å²) in [7, 11) is 0. The van der Waals surface area contributed by atoms with Crippen LogP contribution in [0.15, 0.2) is 18.2 Å². The summed E-state index contributed by atoms with van der Waals surface area (Å²) < 4.78 is 0. The van der Waals surface area contributed by atoms with Crippen LogP contribution in [0.2, 0.25) is 0 Å². The van der Waals surface area contributed by atoms with Crippen molar-refractivity contribution in [1.29, 1.82) is 0 Å². The summed E-state index contributed by atoms with van der Waals surface area (Å²) in [6.07, 6.45) is 1.29. The maximum absolute atomic E-state index is 12.3. The fourth-order valence-electron chi connectivity index (χ4n) is 2.63. The Morgan fingerprint density at radius 3 is 2.60 bits per heavy atom. The van der Waals surface area contributed by atoms with Gasteiger partial charge >= 0.3 is 0 Å². The highest BCUT2D eigenvalue weighted by Gasteiger charge is 2.25. The Bertz CT molecular complexity index is 479. The number of rotatable bonds is 3. The van der Waals surface area contributed by atoms with E-state index in [1.165, 1.54) is 5.56 Å². The standard InChI is InChI=1S/C16H24N2O2/c1-11-4-5-15(12(2)10-11)17-16(20)13(3)18-8-6-14(19)7-9-18/h4-5,10,13-14,19H,6-9H2,1-3H3,(H,17,20). The first-order valence-corrected chi connectivity index (χ1v) is 7.27. The number of anilines is 1. The number of aryl methyl sites for hydroxylation is 2. The van der Waals surface area contributed by atoms with Gasteiger partial charge in [0.15, 0.2) is 0 Å². The Morgan fingerprint density at radius 1 is 1.35 bits per heavy atom. The van der Waals surface area contributed by atoms with Gasteiger partial charge in [-0.05, 0) is 45.2 Å². The molecule has 1 aliphatic rings. The lowest BCUT2D eigenvalue weighted by atomic mass is 10.1. The Morgan fingerprint density at radius 2 is 2.00 bits per heavy atom. The zero-order valence-electron chi connectivity index (χ0n) is 12.5. The Balaban J connectivity index is 1.97. The molecule has 1 atom stereocenters. The van der Waals surface area contributed by atoms with E-state index in [1.807, 2.05) is 32.9 Å². The molecule has 1 fully saturated rings. The molecule has 2 N–H and O–H groups in total. The molecule has 0 spiro atoms. The first-order valence-electron chi connectivity index (χ1n) is 7.27. The molecule has 0 bridgehead atoms. The van der Waals surface area contributed by atoms with Crippen molar-refractivity contribution < 1.29 is 9.90 Å². The second kappa shape index (κ2) is 6.37. The number of amides is 1. The fourth-order valence-corrected chi connectivity index (χ4v) is 2.63. The van der Waals surface area contributed by atoms with Crippen LogP contribution < -0.4 is 5.32 Å². The van der Waals surface area contributed by atoms with Gasteiger partial charge in [-0.3, -0.25) is 9.69 Å². The van der Waals surface area contributed by atoms with Gasteiger partial charge in [-0.15, -0.1) is 0 Å². The molecule has 1 amide bonds. The van der Waals surface area contributed by atoms with E-state index in [1.54, 1.807) is 0 Å². The van der Waals surface area contributed by atoms with Gasteiger partial charge in [-0.1, -0.05) is 17.7 Å². The van der Waals surface area contributed by atoms with Crippen LogP contribution in [-0.4, -0.2) is 41.1 Å². The largest absolute Gasteiger partial charge is 0.393 e. The molecule has 0 aliphatic carbocycles. The molecule has 4 heteroatoms. The minimum Gasteiger partial charge on any atom is -0.393 e. The van der Waals surface area contributed by atoms with Crippen molar-refractivity contribution in [2.75, 3.05) is 18.4 Å². The lowest BCUT2D eigenvalue weighted by molar-refractivity contribution is -0.121. The monoisotopic (exact) mass is 276 g/mol. The predicted octanol–water partition coefficient (Wildman–Crippen LogP) is 2.09. The lowest BCUT2D eigenvalue weighted by Crippen LogP contribution is -2.47. The van der Waals surface area contributed by atoms with Gasteiger partial charge in [-0.2, -0.15) is 0 Å². The zero-order chi connectivity index (χ0) is 14.7.